The van der Waals surface area contributed by atoms with E-state index in [-0.39, 0.29) is 0 Å². The van der Waals surface area contributed by atoms with Crippen molar-refractivity contribution in [3.63, 3.8) is 0 Å². The van der Waals surface area contributed by atoms with Crippen molar-refractivity contribution in [2.24, 2.45) is 0 Å². The molecule has 0 aliphatic carbocycles. The smallest absolute Gasteiger partial charge is 0.267 e. The number of hydrogen-bond acceptors (Lipinski definition) is 4. The minimum absolute atomic E-state index is 0.543. The predicted octanol–water partition coefficient (Wildman–Crippen LogP) is 2.41. The molecule has 0 saturated heterocycles. The van der Waals surface area contributed by atoms with Crippen LogP contribution in [-0.2, 0) is 17.8 Å². The lowest BCUT2D eigenvalue weighted by Gasteiger charge is -2.06. The monoisotopic (exact) mass is 336 g/mol. The van der Waals surface area contributed by atoms with Gasteiger partial charge in [0.25, 0.3) is 5.91 Å². The van der Waals surface area contributed by atoms with E-state index in [0.717, 1.165) is 36.1 Å². The number of fused-ring (bicyclic) bond motifs is 1. The maximum absolute atomic E-state index is 10.9. The van der Waals surface area contributed by atoms with Crippen molar-refractivity contribution < 1.29 is 10.0 Å². The lowest BCUT2D eigenvalue weighted by atomic mass is 10.1. The lowest BCUT2D eigenvalue weighted by Crippen LogP contribution is -2.16. The van der Waals surface area contributed by atoms with Gasteiger partial charge in [0.15, 0.2) is 0 Å². The average molecular weight is 336 g/mol. The van der Waals surface area contributed by atoms with Crippen molar-refractivity contribution in [3.8, 4) is 0 Å². The van der Waals surface area contributed by atoms with Crippen LogP contribution in [-0.4, -0.2) is 27.6 Å². The van der Waals surface area contributed by atoms with Crippen LogP contribution in [0.5, 0.6) is 0 Å². The Morgan fingerprint density at radius 2 is 2.04 bits per heavy atom. The van der Waals surface area contributed by atoms with Crippen LogP contribution in [0.15, 0.2) is 54.9 Å². The molecule has 1 aromatic carbocycles. The quantitative estimate of drug-likeness (QED) is 0.231. The van der Waals surface area contributed by atoms with E-state index in [9.17, 15) is 4.79 Å². The molecule has 0 aliphatic rings. The summed E-state index contributed by atoms with van der Waals surface area (Å²) in [4.78, 5) is 18.4. The SMILES string of the molecule is O=C(/C=C/c1ccc(CNCCc2cnc3[nH]ccc3c2)cc1)NO. The second kappa shape index (κ2) is 8.23. The Morgan fingerprint density at radius 3 is 2.84 bits per heavy atom. The van der Waals surface area contributed by atoms with Crippen molar-refractivity contribution in [2.45, 2.75) is 13.0 Å². The van der Waals surface area contributed by atoms with Crippen LogP contribution < -0.4 is 10.8 Å². The molecule has 0 aliphatic heterocycles. The topological polar surface area (TPSA) is 90.0 Å². The third-order valence-electron chi connectivity index (χ3n) is 3.89. The fraction of sp³-hybridized carbons (Fsp3) is 0.158. The molecule has 0 fully saturated rings. The van der Waals surface area contributed by atoms with Gasteiger partial charge in [0.2, 0.25) is 0 Å². The largest absolute Gasteiger partial charge is 0.346 e. The molecule has 0 radical (unpaired) electrons. The first kappa shape index (κ1) is 16.9. The van der Waals surface area contributed by atoms with Gasteiger partial charge in [-0.3, -0.25) is 10.0 Å². The minimum atomic E-state index is -0.543. The van der Waals surface area contributed by atoms with E-state index in [1.54, 1.807) is 11.6 Å². The van der Waals surface area contributed by atoms with Gasteiger partial charge in [0, 0.05) is 30.4 Å². The van der Waals surface area contributed by atoms with Crippen LogP contribution in [0.4, 0.5) is 0 Å². The van der Waals surface area contributed by atoms with Crippen LogP contribution in [0.25, 0.3) is 17.1 Å². The minimum Gasteiger partial charge on any atom is -0.346 e. The molecule has 128 valence electrons. The fourth-order valence-corrected chi connectivity index (χ4v) is 2.54. The number of nitrogens with zero attached hydrogens (tertiary/aromatic N) is 1. The number of hydroxylamine groups is 1. The van der Waals surface area contributed by atoms with E-state index in [1.807, 2.05) is 42.7 Å². The number of pyridine rings is 1. The summed E-state index contributed by atoms with van der Waals surface area (Å²) < 4.78 is 0. The van der Waals surface area contributed by atoms with Crippen molar-refractivity contribution >= 4 is 23.0 Å². The summed E-state index contributed by atoms with van der Waals surface area (Å²) in [7, 11) is 0. The molecule has 0 bridgehead atoms. The summed E-state index contributed by atoms with van der Waals surface area (Å²) in [6.07, 6.45) is 7.65. The normalized spacial score (nSPS) is 11.2. The van der Waals surface area contributed by atoms with Gasteiger partial charge >= 0.3 is 0 Å². The third-order valence-corrected chi connectivity index (χ3v) is 3.89. The molecule has 2 heterocycles. The molecule has 25 heavy (non-hydrogen) atoms. The van der Waals surface area contributed by atoms with E-state index in [4.69, 9.17) is 5.21 Å². The van der Waals surface area contributed by atoms with Gasteiger partial charge in [-0.1, -0.05) is 24.3 Å². The zero-order chi connectivity index (χ0) is 17.5. The molecule has 0 saturated carbocycles. The first-order chi connectivity index (χ1) is 12.2. The summed E-state index contributed by atoms with van der Waals surface area (Å²) in [6, 6.07) is 12.1. The van der Waals surface area contributed by atoms with Crippen LogP contribution in [0.2, 0.25) is 0 Å². The summed E-state index contributed by atoms with van der Waals surface area (Å²) in [5.74, 6) is -0.543. The summed E-state index contributed by atoms with van der Waals surface area (Å²) in [5, 5.41) is 13.0. The number of H-pyrrole nitrogens is 1. The van der Waals surface area contributed by atoms with Gasteiger partial charge in [-0.25, -0.2) is 10.5 Å². The number of amides is 1. The molecule has 4 N–H and O–H groups in total. The highest BCUT2D eigenvalue weighted by molar-refractivity contribution is 5.90. The Kier molecular flexibility index (Phi) is 5.56. The maximum Gasteiger partial charge on any atom is 0.267 e. The number of carbonyl (C=O) groups excluding carboxylic acids is 1. The Hall–Kier alpha value is -2.96. The second-order valence-electron chi connectivity index (χ2n) is 5.74. The van der Waals surface area contributed by atoms with Crippen molar-refractivity contribution in [2.75, 3.05) is 6.54 Å². The summed E-state index contributed by atoms with van der Waals surface area (Å²) >= 11 is 0. The Morgan fingerprint density at radius 1 is 1.20 bits per heavy atom. The molecule has 2 aromatic heterocycles. The predicted molar refractivity (Wildman–Crippen MR) is 96.9 cm³/mol. The molecule has 6 nitrogen and oxygen atoms in total. The van der Waals surface area contributed by atoms with Crippen molar-refractivity contribution in [3.05, 3.63) is 71.6 Å². The fourth-order valence-electron chi connectivity index (χ4n) is 2.54. The van der Waals surface area contributed by atoms with E-state index >= 15 is 0 Å². The summed E-state index contributed by atoms with van der Waals surface area (Å²) in [6.45, 7) is 1.65. The highest BCUT2D eigenvalue weighted by atomic mass is 16.5. The second-order valence-corrected chi connectivity index (χ2v) is 5.74. The standard InChI is InChI=1S/C19H20N4O2/c24-18(23-25)6-5-14-1-3-15(4-2-14)12-20-9-7-16-11-17-8-10-21-19(17)22-13-16/h1-6,8,10-11,13,20,25H,7,9,12H2,(H,21,22)(H,23,24)/b6-5+. The molecule has 1 amide bonds. The van der Waals surface area contributed by atoms with E-state index in [2.05, 4.69) is 21.4 Å². The highest BCUT2D eigenvalue weighted by Crippen LogP contribution is 2.11. The van der Waals surface area contributed by atoms with Crippen LogP contribution in [0.1, 0.15) is 16.7 Å². The zero-order valence-electron chi connectivity index (χ0n) is 13.7. The molecule has 6 heteroatoms. The van der Waals surface area contributed by atoms with Gasteiger partial charge in [0.05, 0.1) is 0 Å². The van der Waals surface area contributed by atoms with E-state index < -0.39 is 5.91 Å². The van der Waals surface area contributed by atoms with Gasteiger partial charge in [-0.05, 0) is 47.9 Å². The first-order valence-corrected chi connectivity index (χ1v) is 8.08. The van der Waals surface area contributed by atoms with E-state index in [0.29, 0.717) is 0 Å². The van der Waals surface area contributed by atoms with Gasteiger partial charge in [0.1, 0.15) is 5.65 Å². The molecule has 3 aromatic rings. The van der Waals surface area contributed by atoms with Gasteiger partial charge < -0.3 is 10.3 Å². The molecule has 3 rings (SSSR count). The van der Waals surface area contributed by atoms with Crippen LogP contribution >= 0.6 is 0 Å². The van der Waals surface area contributed by atoms with Gasteiger partial charge in [-0.15, -0.1) is 0 Å². The number of nitrogens with one attached hydrogen (secondary N) is 3. The number of aromatic amines is 1. The zero-order valence-corrected chi connectivity index (χ0v) is 13.7. The molecule has 0 spiro atoms. The molecule has 0 atom stereocenters. The number of rotatable bonds is 7. The number of hydrogen-bond donors (Lipinski definition) is 4. The highest BCUT2D eigenvalue weighted by Gasteiger charge is 1.99. The van der Waals surface area contributed by atoms with Gasteiger partial charge in [-0.2, -0.15) is 0 Å². The Labute approximate surface area is 145 Å². The molecule has 0 unspecified atom stereocenters. The van der Waals surface area contributed by atoms with Crippen molar-refractivity contribution in [1.82, 2.24) is 20.8 Å². The summed E-state index contributed by atoms with van der Waals surface area (Å²) in [5.41, 5.74) is 5.76. The first-order valence-electron chi connectivity index (χ1n) is 8.08. The average Bonchev–Trinajstić information content (AvgIpc) is 3.12. The van der Waals surface area contributed by atoms with Crippen molar-refractivity contribution in [1.29, 1.82) is 0 Å². The molecular weight excluding hydrogens is 316 g/mol. The van der Waals surface area contributed by atoms with Crippen LogP contribution in [0.3, 0.4) is 0 Å². The number of carbonyl (C=O) groups is 1. The third kappa shape index (κ3) is 4.76. The number of benzene rings is 1. The lowest BCUT2D eigenvalue weighted by molar-refractivity contribution is -0.124. The molecular formula is C19H20N4O2. The Balaban J connectivity index is 1.45. The van der Waals surface area contributed by atoms with Crippen LogP contribution in [0, 0.1) is 0 Å². The van der Waals surface area contributed by atoms with E-state index in [1.165, 1.54) is 17.2 Å². The Bertz CT molecular complexity index is 869. The maximum atomic E-state index is 10.9. The number of aromatic nitrogens is 2.